The highest BCUT2D eigenvalue weighted by atomic mass is 32.2. The number of amides is 1. The number of methoxy groups -OCH3 is 1. The smallest absolute Gasteiger partial charge is 0.338 e. The highest BCUT2D eigenvalue weighted by Crippen LogP contribution is 2.22. The minimum absolute atomic E-state index is 0.0510. The van der Waals surface area contributed by atoms with Crippen molar-refractivity contribution in [2.75, 3.05) is 25.2 Å². The van der Waals surface area contributed by atoms with Crippen LogP contribution in [0.25, 0.3) is 0 Å². The normalized spacial score (nSPS) is 22.3. The summed E-state index contributed by atoms with van der Waals surface area (Å²) in [6, 6.07) is 6.29. The fourth-order valence-electron chi connectivity index (χ4n) is 2.42. The zero-order chi connectivity index (χ0) is 17.1. The van der Waals surface area contributed by atoms with E-state index in [2.05, 4.69) is 5.32 Å². The second-order valence-corrected chi connectivity index (χ2v) is 7.94. The molecule has 1 atom stereocenters. The fourth-order valence-corrected chi connectivity index (χ4v) is 4.52. The first-order valence-electron chi connectivity index (χ1n) is 7.06. The van der Waals surface area contributed by atoms with Gasteiger partial charge in [-0.05, 0) is 37.6 Å². The van der Waals surface area contributed by atoms with E-state index < -0.39 is 33.9 Å². The molecule has 1 aliphatic rings. The third-order valence-corrected chi connectivity index (χ3v) is 5.51. The van der Waals surface area contributed by atoms with Crippen LogP contribution in [0.2, 0.25) is 0 Å². The summed E-state index contributed by atoms with van der Waals surface area (Å²) in [5, 5.41) is 2.62. The Morgan fingerprint density at radius 3 is 2.43 bits per heavy atom. The number of nitrogens with one attached hydrogen (secondary N) is 1. The van der Waals surface area contributed by atoms with Crippen molar-refractivity contribution >= 4 is 21.7 Å². The lowest BCUT2D eigenvalue weighted by atomic mass is 10.0. The van der Waals surface area contributed by atoms with Crippen molar-refractivity contribution in [2.24, 2.45) is 0 Å². The van der Waals surface area contributed by atoms with Gasteiger partial charge in [0.2, 0.25) is 0 Å². The molecule has 7 nitrogen and oxygen atoms in total. The first-order valence-corrected chi connectivity index (χ1v) is 8.88. The second kappa shape index (κ2) is 6.57. The molecule has 1 aromatic carbocycles. The number of hydrogen-bond donors (Lipinski definition) is 1. The van der Waals surface area contributed by atoms with Crippen molar-refractivity contribution in [1.82, 2.24) is 5.32 Å². The molecule has 0 radical (unpaired) electrons. The molecule has 1 aliphatic heterocycles. The number of ether oxygens (including phenoxy) is 2. The summed E-state index contributed by atoms with van der Waals surface area (Å²) in [4.78, 5) is 23.7. The van der Waals surface area contributed by atoms with E-state index in [1.54, 1.807) is 19.1 Å². The van der Waals surface area contributed by atoms with Crippen LogP contribution in [0, 0.1) is 0 Å². The average molecular weight is 341 g/mol. The van der Waals surface area contributed by atoms with E-state index in [1.165, 1.54) is 19.2 Å². The van der Waals surface area contributed by atoms with Crippen molar-refractivity contribution in [1.29, 1.82) is 0 Å². The molecular weight excluding hydrogens is 322 g/mol. The summed E-state index contributed by atoms with van der Waals surface area (Å²) in [6.45, 7) is 1.21. The molecule has 1 amide bonds. The molecule has 23 heavy (non-hydrogen) atoms. The Morgan fingerprint density at radius 1 is 1.26 bits per heavy atom. The predicted molar refractivity (Wildman–Crippen MR) is 83.1 cm³/mol. The van der Waals surface area contributed by atoms with Gasteiger partial charge in [-0.2, -0.15) is 0 Å². The van der Waals surface area contributed by atoms with Gasteiger partial charge in [0.25, 0.3) is 5.91 Å². The van der Waals surface area contributed by atoms with Crippen LogP contribution in [0.1, 0.15) is 23.7 Å². The third-order valence-electron chi connectivity index (χ3n) is 3.60. The monoisotopic (exact) mass is 341 g/mol. The molecule has 2 rings (SSSR count). The van der Waals surface area contributed by atoms with E-state index in [0.717, 1.165) is 0 Å². The Labute approximate surface area is 134 Å². The molecule has 8 heteroatoms. The number of benzene rings is 1. The molecule has 1 fully saturated rings. The van der Waals surface area contributed by atoms with Crippen LogP contribution in [-0.2, 0) is 19.4 Å². The highest BCUT2D eigenvalue weighted by molar-refractivity contribution is 7.91. The molecule has 1 aromatic rings. The zero-order valence-electron chi connectivity index (χ0n) is 13.0. The number of carbonyl (C=O) groups excluding carboxylic acids is 2. The zero-order valence-corrected chi connectivity index (χ0v) is 13.8. The van der Waals surface area contributed by atoms with Gasteiger partial charge in [0, 0.05) is 0 Å². The fraction of sp³-hybridized carbons (Fsp3) is 0.467. The first kappa shape index (κ1) is 17.3. The number of carbonyl (C=O) groups is 2. The third kappa shape index (κ3) is 4.69. The van der Waals surface area contributed by atoms with Crippen molar-refractivity contribution in [3.05, 3.63) is 29.8 Å². The van der Waals surface area contributed by atoms with E-state index in [0.29, 0.717) is 17.7 Å². The second-order valence-electron chi connectivity index (χ2n) is 5.76. The van der Waals surface area contributed by atoms with Crippen molar-refractivity contribution in [3.8, 4) is 5.75 Å². The Morgan fingerprint density at radius 2 is 1.91 bits per heavy atom. The Kier molecular flexibility index (Phi) is 4.93. The predicted octanol–water partition coefficient (Wildman–Crippen LogP) is 0.545. The van der Waals surface area contributed by atoms with Crippen LogP contribution in [0.3, 0.4) is 0 Å². The highest BCUT2D eigenvalue weighted by Gasteiger charge is 2.39. The van der Waals surface area contributed by atoms with E-state index in [4.69, 9.17) is 9.47 Å². The van der Waals surface area contributed by atoms with Gasteiger partial charge in [0.15, 0.2) is 16.4 Å². The van der Waals surface area contributed by atoms with Gasteiger partial charge in [-0.25, -0.2) is 13.2 Å². The van der Waals surface area contributed by atoms with Gasteiger partial charge < -0.3 is 14.8 Å². The van der Waals surface area contributed by atoms with Gasteiger partial charge in [-0.15, -0.1) is 0 Å². The summed E-state index contributed by atoms with van der Waals surface area (Å²) in [6.07, 6.45) is 0.355. The molecule has 0 aliphatic carbocycles. The van der Waals surface area contributed by atoms with Gasteiger partial charge >= 0.3 is 5.97 Å². The topological polar surface area (TPSA) is 98.8 Å². The maximum atomic E-state index is 11.8. The Balaban J connectivity index is 1.85. The van der Waals surface area contributed by atoms with Crippen LogP contribution in [0.15, 0.2) is 24.3 Å². The first-order chi connectivity index (χ1) is 10.7. The summed E-state index contributed by atoms with van der Waals surface area (Å²) in [5.74, 6) is -0.596. The minimum Gasteiger partial charge on any atom is -0.497 e. The van der Waals surface area contributed by atoms with Crippen molar-refractivity contribution in [3.63, 3.8) is 0 Å². The van der Waals surface area contributed by atoms with E-state index in [-0.39, 0.29) is 11.5 Å². The molecular formula is C15H19NO6S. The molecule has 0 unspecified atom stereocenters. The summed E-state index contributed by atoms with van der Waals surface area (Å²) < 4.78 is 32.9. The van der Waals surface area contributed by atoms with Crippen LogP contribution in [-0.4, -0.2) is 51.1 Å². The lowest BCUT2D eigenvalue weighted by molar-refractivity contribution is -0.125. The molecule has 1 heterocycles. The van der Waals surface area contributed by atoms with Crippen molar-refractivity contribution in [2.45, 2.75) is 18.9 Å². The van der Waals surface area contributed by atoms with Crippen LogP contribution in [0.5, 0.6) is 5.75 Å². The maximum Gasteiger partial charge on any atom is 0.338 e. The van der Waals surface area contributed by atoms with E-state index in [1.807, 2.05) is 0 Å². The molecule has 0 spiro atoms. The Hall–Kier alpha value is -2.09. The summed E-state index contributed by atoms with van der Waals surface area (Å²) in [5.41, 5.74) is -0.504. The largest absolute Gasteiger partial charge is 0.497 e. The SMILES string of the molecule is COc1ccc(C(=O)OCC(=O)N[C@@]2(C)CCS(=O)(=O)C2)cc1. The van der Waals surface area contributed by atoms with Crippen molar-refractivity contribution < 1.29 is 27.5 Å². The van der Waals surface area contributed by atoms with Gasteiger partial charge in [-0.1, -0.05) is 0 Å². The molecule has 1 N–H and O–H groups in total. The number of hydrogen-bond acceptors (Lipinski definition) is 6. The standard InChI is InChI=1S/C15H19NO6S/c1-15(7-8-23(19,20)10-15)16-13(17)9-22-14(18)11-3-5-12(21-2)6-4-11/h3-6H,7-10H2,1-2H3,(H,16,17)/t15-/m0/s1. The Bertz CT molecular complexity index is 697. The number of rotatable bonds is 5. The summed E-state index contributed by atoms with van der Waals surface area (Å²) >= 11 is 0. The molecule has 1 saturated heterocycles. The molecule has 0 aromatic heterocycles. The van der Waals surface area contributed by atoms with Gasteiger partial charge in [-0.3, -0.25) is 4.79 Å². The maximum absolute atomic E-state index is 11.8. The average Bonchev–Trinajstić information content (AvgIpc) is 2.78. The van der Waals surface area contributed by atoms with E-state index >= 15 is 0 Å². The quantitative estimate of drug-likeness (QED) is 0.785. The van der Waals surface area contributed by atoms with E-state index in [9.17, 15) is 18.0 Å². The molecule has 0 bridgehead atoms. The number of sulfone groups is 1. The minimum atomic E-state index is -3.11. The molecule has 126 valence electrons. The molecule has 0 saturated carbocycles. The van der Waals surface area contributed by atoms with Crippen LogP contribution in [0.4, 0.5) is 0 Å². The van der Waals surface area contributed by atoms with Gasteiger partial charge in [0.1, 0.15) is 5.75 Å². The van der Waals surface area contributed by atoms with Crippen LogP contribution >= 0.6 is 0 Å². The van der Waals surface area contributed by atoms with Gasteiger partial charge in [0.05, 0.1) is 29.7 Å². The lowest BCUT2D eigenvalue weighted by Gasteiger charge is -2.23. The number of esters is 1. The summed E-state index contributed by atoms with van der Waals surface area (Å²) in [7, 11) is -1.60. The lowest BCUT2D eigenvalue weighted by Crippen LogP contribution is -2.48. The van der Waals surface area contributed by atoms with Crippen LogP contribution < -0.4 is 10.1 Å².